The molecule has 0 amide bonds. The second kappa shape index (κ2) is 6.86. The van der Waals surface area contributed by atoms with Gasteiger partial charge in [-0.3, -0.25) is 0 Å². The number of aryl methyl sites for hydroxylation is 1. The Balaban J connectivity index is 1.87. The summed E-state index contributed by atoms with van der Waals surface area (Å²) in [5.41, 5.74) is 2.26. The van der Waals surface area contributed by atoms with Crippen LogP contribution in [0.5, 0.6) is 0 Å². The lowest BCUT2D eigenvalue weighted by Crippen LogP contribution is -1.93. The van der Waals surface area contributed by atoms with Crippen molar-refractivity contribution in [3.05, 3.63) is 64.9 Å². The molecule has 1 heterocycles. The van der Waals surface area contributed by atoms with Gasteiger partial charge in [0.2, 0.25) is 0 Å². The quantitative estimate of drug-likeness (QED) is 0.404. The molecule has 0 saturated carbocycles. The van der Waals surface area contributed by atoms with E-state index in [1.165, 1.54) is 23.1 Å². The summed E-state index contributed by atoms with van der Waals surface area (Å²) in [5, 5.41) is 20.3. The lowest BCUT2D eigenvalue weighted by atomic mass is 10.2. The summed E-state index contributed by atoms with van der Waals surface area (Å²) in [6, 6.07) is 17.8. The van der Waals surface area contributed by atoms with Crippen LogP contribution in [-0.4, -0.2) is 15.8 Å². The molecule has 3 aromatic rings. The van der Waals surface area contributed by atoms with Crippen LogP contribution in [0.1, 0.15) is 10.6 Å². The Morgan fingerprint density at radius 1 is 1.22 bits per heavy atom. The minimum absolute atomic E-state index is 0.0693. The third-order valence-corrected chi connectivity index (χ3v) is 5.61. The fourth-order valence-electron chi connectivity index (χ4n) is 2.15. The molecule has 0 bridgehead atoms. The number of aliphatic hydroxyl groups is 1. The topological polar surface area (TPSA) is 56.9 Å². The molecule has 0 spiro atoms. The first-order valence-corrected chi connectivity index (χ1v) is 8.86. The van der Waals surface area contributed by atoms with E-state index >= 15 is 0 Å². The number of fused-ring (bicyclic) bond motifs is 1. The number of hydrogen-bond acceptors (Lipinski definition) is 5. The molecular weight excluding hydrogens is 324 g/mol. The molecule has 1 N–H and O–H groups in total. The molecule has 0 unspecified atom stereocenters. The van der Waals surface area contributed by atoms with Crippen LogP contribution in [0.15, 0.2) is 59.2 Å². The van der Waals surface area contributed by atoms with E-state index in [0.717, 1.165) is 20.7 Å². The predicted octanol–water partition coefficient (Wildman–Crippen LogP) is 5.19. The average Bonchev–Trinajstić information content (AvgIpc) is 2.98. The molecular formula is C18H14N2OS2. The first kappa shape index (κ1) is 15.6. The summed E-state index contributed by atoms with van der Waals surface area (Å²) in [6.07, 6.45) is 0. The van der Waals surface area contributed by atoms with Gasteiger partial charge < -0.3 is 5.11 Å². The zero-order valence-corrected chi connectivity index (χ0v) is 14.1. The van der Waals surface area contributed by atoms with Crippen LogP contribution in [0.2, 0.25) is 0 Å². The standard InChI is InChI=1S/C18H14N2OS2/c1-12-6-2-4-8-16(12)22-11-15(21)13(10-19)18-20-14-7-3-5-9-17(14)23-18/h2-9,21H,11H2,1H3/b15-13-. The fourth-order valence-corrected chi connectivity index (χ4v) is 4.04. The van der Waals surface area contributed by atoms with Crippen molar-refractivity contribution >= 4 is 38.9 Å². The van der Waals surface area contributed by atoms with Crippen molar-refractivity contribution in [2.75, 3.05) is 5.75 Å². The molecule has 0 aliphatic heterocycles. The summed E-state index contributed by atoms with van der Waals surface area (Å²) < 4.78 is 1.01. The Labute approximate surface area is 142 Å². The Morgan fingerprint density at radius 3 is 2.70 bits per heavy atom. The number of allylic oxidation sites excluding steroid dienone is 1. The highest BCUT2D eigenvalue weighted by molar-refractivity contribution is 7.99. The predicted molar refractivity (Wildman–Crippen MR) is 96.7 cm³/mol. The first-order chi connectivity index (χ1) is 11.2. The van der Waals surface area contributed by atoms with Gasteiger partial charge in [-0.2, -0.15) is 5.26 Å². The van der Waals surface area contributed by atoms with Gasteiger partial charge in [0.25, 0.3) is 0 Å². The maximum atomic E-state index is 10.3. The van der Waals surface area contributed by atoms with Crippen molar-refractivity contribution in [3.63, 3.8) is 0 Å². The number of para-hydroxylation sites is 1. The van der Waals surface area contributed by atoms with E-state index in [4.69, 9.17) is 0 Å². The summed E-state index contributed by atoms with van der Waals surface area (Å²) in [4.78, 5) is 5.54. The monoisotopic (exact) mass is 338 g/mol. The molecule has 23 heavy (non-hydrogen) atoms. The largest absolute Gasteiger partial charge is 0.510 e. The third-order valence-electron chi connectivity index (χ3n) is 3.37. The lowest BCUT2D eigenvalue weighted by Gasteiger charge is -2.05. The maximum Gasteiger partial charge on any atom is 0.138 e. The fraction of sp³-hybridized carbons (Fsp3) is 0.111. The zero-order chi connectivity index (χ0) is 16.2. The molecule has 1 aromatic heterocycles. The smallest absolute Gasteiger partial charge is 0.138 e. The number of nitrogens with zero attached hydrogens (tertiary/aromatic N) is 2. The van der Waals surface area contributed by atoms with Crippen molar-refractivity contribution in [1.29, 1.82) is 5.26 Å². The second-order valence-electron chi connectivity index (χ2n) is 4.97. The highest BCUT2D eigenvalue weighted by Crippen LogP contribution is 2.30. The number of thioether (sulfide) groups is 1. The Hall–Kier alpha value is -2.29. The average molecular weight is 338 g/mol. The molecule has 2 aromatic carbocycles. The van der Waals surface area contributed by atoms with Gasteiger partial charge in [0, 0.05) is 4.90 Å². The van der Waals surface area contributed by atoms with E-state index in [1.807, 2.05) is 55.5 Å². The van der Waals surface area contributed by atoms with Gasteiger partial charge in [0.15, 0.2) is 0 Å². The molecule has 3 nitrogen and oxygen atoms in total. The van der Waals surface area contributed by atoms with Crippen LogP contribution in [0, 0.1) is 18.3 Å². The molecule has 0 atom stereocenters. The van der Waals surface area contributed by atoms with Gasteiger partial charge in [0.1, 0.15) is 22.4 Å². The number of rotatable bonds is 4. The van der Waals surface area contributed by atoms with E-state index in [0.29, 0.717) is 10.8 Å². The first-order valence-electron chi connectivity index (χ1n) is 7.05. The molecule has 5 heteroatoms. The van der Waals surface area contributed by atoms with Crippen LogP contribution in [-0.2, 0) is 0 Å². The Kier molecular flexibility index (Phi) is 4.65. The molecule has 0 aliphatic carbocycles. The number of thiazole rings is 1. The zero-order valence-electron chi connectivity index (χ0n) is 12.5. The minimum Gasteiger partial charge on any atom is -0.510 e. The van der Waals surface area contributed by atoms with Crippen LogP contribution >= 0.6 is 23.1 Å². The van der Waals surface area contributed by atoms with E-state index < -0.39 is 0 Å². The van der Waals surface area contributed by atoms with Crippen molar-refractivity contribution in [2.45, 2.75) is 11.8 Å². The number of benzene rings is 2. The number of hydrogen-bond donors (Lipinski definition) is 1. The molecule has 0 saturated heterocycles. The summed E-state index contributed by atoms with van der Waals surface area (Å²) >= 11 is 2.94. The van der Waals surface area contributed by atoms with Gasteiger partial charge in [-0.15, -0.1) is 23.1 Å². The summed E-state index contributed by atoms with van der Waals surface area (Å²) in [6.45, 7) is 2.03. The van der Waals surface area contributed by atoms with E-state index in [2.05, 4.69) is 11.1 Å². The van der Waals surface area contributed by atoms with Gasteiger partial charge in [-0.25, -0.2) is 4.98 Å². The lowest BCUT2D eigenvalue weighted by molar-refractivity contribution is 0.421. The highest BCUT2D eigenvalue weighted by atomic mass is 32.2. The highest BCUT2D eigenvalue weighted by Gasteiger charge is 2.14. The van der Waals surface area contributed by atoms with Gasteiger partial charge >= 0.3 is 0 Å². The SMILES string of the molecule is Cc1ccccc1SC/C(O)=C(\C#N)c1nc2ccccc2s1. The summed E-state index contributed by atoms with van der Waals surface area (Å²) in [7, 11) is 0. The van der Waals surface area contributed by atoms with Crippen molar-refractivity contribution in [2.24, 2.45) is 0 Å². The van der Waals surface area contributed by atoms with Crippen LogP contribution < -0.4 is 0 Å². The molecule has 0 aliphatic rings. The summed E-state index contributed by atoms with van der Waals surface area (Å²) in [5.74, 6) is 0.420. The van der Waals surface area contributed by atoms with Crippen LogP contribution in [0.4, 0.5) is 0 Å². The third kappa shape index (κ3) is 3.39. The minimum atomic E-state index is 0.0693. The number of nitriles is 1. The van der Waals surface area contributed by atoms with Crippen LogP contribution in [0.3, 0.4) is 0 Å². The molecule has 0 fully saturated rings. The second-order valence-corrected chi connectivity index (χ2v) is 7.02. The van der Waals surface area contributed by atoms with Crippen molar-refractivity contribution in [3.8, 4) is 6.07 Å². The Morgan fingerprint density at radius 2 is 1.96 bits per heavy atom. The van der Waals surface area contributed by atoms with E-state index in [-0.39, 0.29) is 11.3 Å². The van der Waals surface area contributed by atoms with Gasteiger partial charge in [-0.1, -0.05) is 30.3 Å². The maximum absolute atomic E-state index is 10.3. The van der Waals surface area contributed by atoms with Gasteiger partial charge in [-0.05, 0) is 30.7 Å². The van der Waals surface area contributed by atoms with Gasteiger partial charge in [0.05, 0.1) is 16.0 Å². The number of aromatic nitrogens is 1. The normalized spacial score (nSPS) is 12.0. The molecule has 0 radical (unpaired) electrons. The van der Waals surface area contributed by atoms with Crippen molar-refractivity contribution in [1.82, 2.24) is 4.98 Å². The molecule has 114 valence electrons. The van der Waals surface area contributed by atoms with E-state index in [9.17, 15) is 10.4 Å². The molecule has 3 rings (SSSR count). The van der Waals surface area contributed by atoms with Crippen LogP contribution in [0.25, 0.3) is 15.8 Å². The van der Waals surface area contributed by atoms with E-state index in [1.54, 1.807) is 0 Å². The number of aliphatic hydroxyl groups excluding tert-OH is 1. The Bertz CT molecular complexity index is 889. The van der Waals surface area contributed by atoms with Crippen molar-refractivity contribution < 1.29 is 5.11 Å².